The van der Waals surface area contributed by atoms with Crippen molar-refractivity contribution < 1.29 is 14.5 Å². The van der Waals surface area contributed by atoms with E-state index in [1.807, 2.05) is 0 Å². The molecule has 9 nitrogen and oxygen atoms in total. The van der Waals surface area contributed by atoms with Gasteiger partial charge >= 0.3 is 5.82 Å². The van der Waals surface area contributed by atoms with Crippen LogP contribution in [0.15, 0.2) is 0 Å². The van der Waals surface area contributed by atoms with Gasteiger partial charge in [0.25, 0.3) is 5.91 Å². The predicted molar refractivity (Wildman–Crippen MR) is 73.0 cm³/mol. The van der Waals surface area contributed by atoms with Crippen molar-refractivity contribution >= 4 is 29.2 Å². The third kappa shape index (κ3) is 3.69. The molecule has 0 aliphatic heterocycles. The molecule has 1 aliphatic carbocycles. The third-order valence-corrected chi connectivity index (χ3v) is 3.57. The Morgan fingerprint density at radius 1 is 1.43 bits per heavy atom. The summed E-state index contributed by atoms with van der Waals surface area (Å²) in [5, 5.41) is 20.9. The van der Waals surface area contributed by atoms with Crippen LogP contribution < -0.4 is 10.6 Å². The Kier molecular flexibility index (Phi) is 4.73. The van der Waals surface area contributed by atoms with Gasteiger partial charge in [0.1, 0.15) is 0 Å². The summed E-state index contributed by atoms with van der Waals surface area (Å²) in [4.78, 5) is 33.2. The van der Waals surface area contributed by atoms with Gasteiger partial charge in [0.15, 0.2) is 10.7 Å². The molecule has 2 amide bonds. The van der Waals surface area contributed by atoms with E-state index in [1.54, 1.807) is 0 Å². The Morgan fingerprint density at radius 2 is 2.10 bits per heavy atom. The van der Waals surface area contributed by atoms with Crippen LogP contribution in [0.2, 0.25) is 5.02 Å². The molecule has 1 aromatic heterocycles. The number of amides is 2. The van der Waals surface area contributed by atoms with Gasteiger partial charge in [0.05, 0.1) is 6.54 Å². The lowest BCUT2D eigenvalue weighted by molar-refractivity contribution is -0.389. The molecule has 0 unspecified atom stereocenters. The monoisotopic (exact) mass is 315 g/mol. The van der Waals surface area contributed by atoms with Crippen molar-refractivity contribution in [2.24, 2.45) is 0 Å². The minimum Gasteiger partial charge on any atom is -0.358 e. The van der Waals surface area contributed by atoms with Gasteiger partial charge in [-0.05, 0) is 17.8 Å². The van der Waals surface area contributed by atoms with Crippen LogP contribution in [0, 0.1) is 10.1 Å². The van der Waals surface area contributed by atoms with Gasteiger partial charge in [-0.1, -0.05) is 29.5 Å². The number of nitrogens with zero attached hydrogens (tertiary/aromatic N) is 2. The van der Waals surface area contributed by atoms with Gasteiger partial charge in [-0.15, -0.1) is 5.10 Å². The van der Waals surface area contributed by atoms with E-state index < -0.39 is 16.6 Å². The van der Waals surface area contributed by atoms with E-state index >= 15 is 0 Å². The Balaban J connectivity index is 1.86. The van der Waals surface area contributed by atoms with Crippen molar-refractivity contribution in [3.05, 3.63) is 20.8 Å². The average molecular weight is 316 g/mol. The van der Waals surface area contributed by atoms with Crippen LogP contribution in [0.3, 0.4) is 0 Å². The number of rotatable bonds is 5. The first-order valence-corrected chi connectivity index (χ1v) is 6.82. The molecule has 2 rings (SSSR count). The Morgan fingerprint density at radius 3 is 2.67 bits per heavy atom. The molecule has 3 N–H and O–H groups in total. The fourth-order valence-electron chi connectivity index (χ4n) is 2.18. The SMILES string of the molecule is O=C(CNC(=O)c1n[nH]c([N+](=O)[O-])c1Cl)NC1CCCC1. The summed E-state index contributed by atoms with van der Waals surface area (Å²) in [6.45, 7) is -0.230. The van der Waals surface area contributed by atoms with E-state index in [1.165, 1.54) is 0 Å². The zero-order valence-corrected chi connectivity index (χ0v) is 11.8. The molecule has 0 spiro atoms. The maximum absolute atomic E-state index is 11.8. The lowest BCUT2D eigenvalue weighted by Gasteiger charge is -2.11. The summed E-state index contributed by atoms with van der Waals surface area (Å²) >= 11 is 5.67. The van der Waals surface area contributed by atoms with Crippen LogP contribution in [-0.2, 0) is 4.79 Å². The number of hydrogen-bond donors (Lipinski definition) is 3. The molecular weight excluding hydrogens is 302 g/mol. The molecule has 0 saturated heterocycles. The second kappa shape index (κ2) is 6.53. The molecule has 1 saturated carbocycles. The molecule has 0 aromatic carbocycles. The van der Waals surface area contributed by atoms with Gasteiger partial charge in [-0.2, -0.15) is 0 Å². The Hall–Kier alpha value is -2.16. The number of nitrogens with one attached hydrogen (secondary N) is 3. The third-order valence-electron chi connectivity index (χ3n) is 3.22. The van der Waals surface area contributed by atoms with Crippen molar-refractivity contribution in [2.45, 2.75) is 31.7 Å². The van der Waals surface area contributed by atoms with Crippen LogP contribution >= 0.6 is 11.6 Å². The van der Waals surface area contributed by atoms with Crippen LogP contribution in [0.4, 0.5) is 5.82 Å². The van der Waals surface area contributed by atoms with E-state index in [-0.39, 0.29) is 29.2 Å². The molecule has 114 valence electrons. The second-order valence-corrected chi connectivity index (χ2v) is 5.10. The van der Waals surface area contributed by atoms with Crippen LogP contribution in [-0.4, -0.2) is 39.5 Å². The average Bonchev–Trinajstić information content (AvgIpc) is 3.05. The van der Waals surface area contributed by atoms with Crippen LogP contribution in [0.25, 0.3) is 0 Å². The number of carbonyl (C=O) groups is 2. The van der Waals surface area contributed by atoms with Crippen molar-refractivity contribution in [3.8, 4) is 0 Å². The summed E-state index contributed by atoms with van der Waals surface area (Å²) < 4.78 is 0. The Bertz CT molecular complexity index is 567. The van der Waals surface area contributed by atoms with Gasteiger partial charge in [0.2, 0.25) is 5.91 Å². The van der Waals surface area contributed by atoms with Crippen molar-refractivity contribution in [3.63, 3.8) is 0 Å². The zero-order chi connectivity index (χ0) is 15.4. The topological polar surface area (TPSA) is 130 Å². The molecule has 0 radical (unpaired) electrons. The lowest BCUT2D eigenvalue weighted by Crippen LogP contribution is -2.41. The molecular formula is C11H14ClN5O4. The number of aromatic amines is 1. The number of nitro groups is 1. The molecule has 1 aromatic rings. The normalized spacial score (nSPS) is 14.9. The van der Waals surface area contributed by atoms with Gasteiger partial charge < -0.3 is 20.7 Å². The van der Waals surface area contributed by atoms with Crippen molar-refractivity contribution in [2.75, 3.05) is 6.54 Å². The van der Waals surface area contributed by atoms with Gasteiger partial charge in [-0.25, -0.2) is 0 Å². The molecule has 1 aliphatic rings. The number of H-pyrrole nitrogens is 1. The first kappa shape index (κ1) is 15.2. The van der Waals surface area contributed by atoms with Crippen LogP contribution in [0.1, 0.15) is 36.2 Å². The molecule has 1 heterocycles. The fourth-order valence-corrected chi connectivity index (χ4v) is 2.42. The van der Waals surface area contributed by atoms with E-state index in [4.69, 9.17) is 11.6 Å². The molecule has 0 bridgehead atoms. The summed E-state index contributed by atoms with van der Waals surface area (Å²) in [6, 6.07) is 0.157. The largest absolute Gasteiger partial charge is 0.362 e. The minimum atomic E-state index is -0.779. The number of hydrogen-bond acceptors (Lipinski definition) is 5. The fraction of sp³-hybridized carbons (Fsp3) is 0.545. The van der Waals surface area contributed by atoms with Gasteiger partial charge in [-0.3, -0.25) is 9.59 Å². The number of halogens is 1. The molecule has 10 heteroatoms. The quantitative estimate of drug-likeness (QED) is 0.545. The number of carbonyl (C=O) groups excluding carboxylic acids is 2. The van der Waals surface area contributed by atoms with E-state index in [2.05, 4.69) is 20.8 Å². The van der Waals surface area contributed by atoms with E-state index in [0.717, 1.165) is 25.7 Å². The maximum atomic E-state index is 11.8. The van der Waals surface area contributed by atoms with Crippen molar-refractivity contribution in [1.82, 2.24) is 20.8 Å². The lowest BCUT2D eigenvalue weighted by atomic mass is 10.2. The predicted octanol–water partition coefficient (Wildman–Crippen LogP) is 0.760. The highest BCUT2D eigenvalue weighted by molar-refractivity contribution is 6.35. The van der Waals surface area contributed by atoms with E-state index in [0.29, 0.717) is 0 Å². The Labute approximate surface area is 124 Å². The summed E-state index contributed by atoms with van der Waals surface area (Å²) in [5.41, 5.74) is -0.308. The molecule has 1 fully saturated rings. The van der Waals surface area contributed by atoms with Crippen molar-refractivity contribution in [1.29, 1.82) is 0 Å². The zero-order valence-electron chi connectivity index (χ0n) is 11.0. The summed E-state index contributed by atoms with van der Waals surface area (Å²) in [5.74, 6) is -1.61. The van der Waals surface area contributed by atoms with Crippen LogP contribution in [0.5, 0.6) is 0 Å². The highest BCUT2D eigenvalue weighted by Crippen LogP contribution is 2.24. The summed E-state index contributed by atoms with van der Waals surface area (Å²) in [6.07, 6.45) is 4.06. The number of aromatic nitrogens is 2. The minimum absolute atomic E-state index is 0.157. The molecule has 21 heavy (non-hydrogen) atoms. The molecule has 0 atom stereocenters. The first-order chi connectivity index (χ1) is 9.99. The smallest absolute Gasteiger partial charge is 0.358 e. The second-order valence-electron chi connectivity index (χ2n) is 4.72. The summed E-state index contributed by atoms with van der Waals surface area (Å²) in [7, 11) is 0. The van der Waals surface area contributed by atoms with E-state index in [9.17, 15) is 19.7 Å². The standard InChI is InChI=1S/C11H14ClN5O4/c12-8-9(15-16-10(8)17(20)21)11(19)13-5-7(18)14-6-3-1-2-4-6/h6H,1-5H2,(H,13,19)(H,14,18)(H,15,16). The maximum Gasteiger partial charge on any atom is 0.362 e. The first-order valence-electron chi connectivity index (χ1n) is 6.45. The van der Waals surface area contributed by atoms with Gasteiger partial charge in [0, 0.05) is 6.04 Å². The highest BCUT2D eigenvalue weighted by Gasteiger charge is 2.25. The highest BCUT2D eigenvalue weighted by atomic mass is 35.5.